The first-order chi connectivity index (χ1) is 19.0. The standard InChI is InChI=1S/C29H39ClN4O3.C2H6/c1-2-3-13-25(30)23-11-7-12-24(26(23)31)27(29(35)36)34-18-22(19-34)37-17-6-4-5-10-21-15-14-20-9-8-16-32-28(20)33-21;1-2/h7,11-15,22,27H,2-6,8-10,16-19,31H2,1H3,(H,32,33)(H,35,36);1-2H3/b25-13+;. The Bertz CT molecular complexity index is 1100. The van der Waals surface area contributed by atoms with Crippen LogP contribution in [0.1, 0.15) is 87.7 Å². The smallest absolute Gasteiger partial charge is 0.325 e. The van der Waals surface area contributed by atoms with Crippen LogP contribution in [0.3, 0.4) is 0 Å². The van der Waals surface area contributed by atoms with Crippen molar-refractivity contribution in [3.05, 3.63) is 58.8 Å². The van der Waals surface area contributed by atoms with E-state index in [9.17, 15) is 9.90 Å². The Morgan fingerprint density at radius 1 is 1.26 bits per heavy atom. The Morgan fingerprint density at radius 2 is 2.05 bits per heavy atom. The number of nitrogens with zero attached hydrogens (tertiary/aromatic N) is 2. The van der Waals surface area contributed by atoms with Gasteiger partial charge >= 0.3 is 5.97 Å². The number of ether oxygens (including phenoxy) is 1. The summed E-state index contributed by atoms with van der Waals surface area (Å²) in [4.78, 5) is 18.8. The zero-order chi connectivity index (χ0) is 28.2. The number of carboxylic acid groups (broad SMARTS) is 1. The van der Waals surface area contributed by atoms with Crippen LogP contribution in [0, 0.1) is 0 Å². The van der Waals surface area contributed by atoms with Gasteiger partial charge in [0.2, 0.25) is 0 Å². The average Bonchev–Trinajstić information content (AvgIpc) is 2.93. The zero-order valence-corrected chi connectivity index (χ0v) is 24.5. The minimum Gasteiger partial charge on any atom is -0.480 e. The van der Waals surface area contributed by atoms with Crippen LogP contribution in [-0.4, -0.2) is 53.3 Å². The van der Waals surface area contributed by atoms with E-state index >= 15 is 0 Å². The van der Waals surface area contributed by atoms with Crippen LogP contribution in [-0.2, 0) is 22.4 Å². The lowest BCUT2D eigenvalue weighted by molar-refractivity contribution is -0.150. The molecule has 1 atom stereocenters. The Kier molecular flexibility index (Phi) is 12.6. The van der Waals surface area contributed by atoms with E-state index in [-0.39, 0.29) is 6.10 Å². The van der Waals surface area contributed by atoms with Crippen molar-refractivity contribution in [1.82, 2.24) is 9.88 Å². The van der Waals surface area contributed by atoms with Crippen LogP contribution in [0.4, 0.5) is 11.5 Å². The molecule has 0 radical (unpaired) electrons. The summed E-state index contributed by atoms with van der Waals surface area (Å²) >= 11 is 6.45. The number of aryl methyl sites for hydroxylation is 2. The monoisotopic (exact) mass is 556 g/mol. The van der Waals surface area contributed by atoms with Gasteiger partial charge in [-0.1, -0.05) is 75.6 Å². The van der Waals surface area contributed by atoms with Crippen molar-refractivity contribution >= 4 is 34.1 Å². The van der Waals surface area contributed by atoms with Gasteiger partial charge in [-0.2, -0.15) is 0 Å². The molecule has 8 heteroatoms. The van der Waals surface area contributed by atoms with E-state index < -0.39 is 12.0 Å². The first-order valence-corrected chi connectivity index (χ1v) is 14.9. The van der Waals surface area contributed by atoms with Gasteiger partial charge < -0.3 is 20.9 Å². The molecule has 0 amide bonds. The fourth-order valence-corrected chi connectivity index (χ4v) is 5.30. The molecular formula is C31H45ClN4O3. The first-order valence-electron chi connectivity index (χ1n) is 14.5. The number of hydrogen-bond acceptors (Lipinski definition) is 6. The van der Waals surface area contributed by atoms with E-state index in [1.54, 1.807) is 6.07 Å². The average molecular weight is 557 g/mol. The molecule has 0 spiro atoms. The van der Waals surface area contributed by atoms with E-state index in [1.807, 2.05) is 37.0 Å². The van der Waals surface area contributed by atoms with Crippen molar-refractivity contribution in [3.63, 3.8) is 0 Å². The predicted octanol–water partition coefficient (Wildman–Crippen LogP) is 6.67. The predicted molar refractivity (Wildman–Crippen MR) is 161 cm³/mol. The molecule has 2 aliphatic rings. The highest BCUT2D eigenvalue weighted by molar-refractivity contribution is 6.49. The molecule has 7 nitrogen and oxygen atoms in total. The fraction of sp³-hybridized carbons (Fsp3) is 0.548. The van der Waals surface area contributed by atoms with Gasteiger partial charge in [-0.25, -0.2) is 4.98 Å². The number of rotatable bonds is 13. The van der Waals surface area contributed by atoms with E-state index in [0.717, 1.165) is 63.0 Å². The van der Waals surface area contributed by atoms with Crippen molar-refractivity contribution in [2.24, 2.45) is 0 Å². The van der Waals surface area contributed by atoms with Crippen molar-refractivity contribution in [3.8, 4) is 0 Å². The largest absolute Gasteiger partial charge is 0.480 e. The van der Waals surface area contributed by atoms with Crippen LogP contribution in [0.5, 0.6) is 0 Å². The summed E-state index contributed by atoms with van der Waals surface area (Å²) in [6, 6.07) is 9.00. The normalized spacial score (nSPS) is 16.4. The topological polar surface area (TPSA) is 101 Å². The molecule has 3 heterocycles. The van der Waals surface area contributed by atoms with Crippen LogP contribution in [0.2, 0.25) is 0 Å². The Balaban J connectivity index is 0.00000205. The number of pyridine rings is 1. The number of nitrogen functional groups attached to an aromatic ring is 1. The number of carbonyl (C=O) groups is 1. The SMILES string of the molecule is CC.CCC/C=C(/Cl)c1cccc(C(C(=O)O)N2CC(OCCCCCc3ccc4c(n3)NCCC4)C2)c1N. The van der Waals surface area contributed by atoms with Crippen LogP contribution in [0.15, 0.2) is 36.4 Å². The van der Waals surface area contributed by atoms with Crippen molar-refractivity contribution in [2.45, 2.75) is 84.3 Å². The zero-order valence-electron chi connectivity index (χ0n) is 23.7. The van der Waals surface area contributed by atoms with Gasteiger partial charge in [-0.05, 0) is 50.2 Å². The number of carboxylic acids is 1. The third-order valence-electron chi connectivity index (χ3n) is 7.16. The van der Waals surface area contributed by atoms with Gasteiger partial charge in [0.25, 0.3) is 0 Å². The van der Waals surface area contributed by atoms with E-state index in [1.165, 1.54) is 12.0 Å². The number of allylic oxidation sites excluding steroid dienone is 1. The summed E-state index contributed by atoms with van der Waals surface area (Å²) in [6.45, 7) is 8.93. The molecule has 1 aromatic heterocycles. The number of fused-ring (bicyclic) bond motifs is 1. The summed E-state index contributed by atoms with van der Waals surface area (Å²) in [5, 5.41) is 13.9. The van der Waals surface area contributed by atoms with Crippen molar-refractivity contribution in [2.75, 3.05) is 37.3 Å². The molecule has 0 aliphatic carbocycles. The molecule has 1 aromatic carbocycles. The number of aromatic nitrogens is 1. The molecule has 0 saturated carbocycles. The second kappa shape index (κ2) is 15.8. The molecule has 2 aliphatic heterocycles. The van der Waals surface area contributed by atoms with Gasteiger partial charge in [0.05, 0.1) is 6.10 Å². The Labute approximate surface area is 238 Å². The lowest BCUT2D eigenvalue weighted by atomic mass is 9.96. The quantitative estimate of drug-likeness (QED) is 0.187. The maximum Gasteiger partial charge on any atom is 0.325 e. The lowest BCUT2D eigenvalue weighted by Gasteiger charge is -2.42. The van der Waals surface area contributed by atoms with Gasteiger partial charge in [-0.15, -0.1) is 0 Å². The highest BCUT2D eigenvalue weighted by Crippen LogP contribution is 2.36. The van der Waals surface area contributed by atoms with E-state index in [0.29, 0.717) is 41.5 Å². The third kappa shape index (κ3) is 8.44. The van der Waals surface area contributed by atoms with Gasteiger partial charge in [-0.3, -0.25) is 9.69 Å². The van der Waals surface area contributed by atoms with Gasteiger partial charge in [0, 0.05) is 53.8 Å². The molecule has 1 saturated heterocycles. The van der Waals surface area contributed by atoms with Gasteiger partial charge in [0.15, 0.2) is 0 Å². The molecule has 2 aromatic rings. The molecule has 0 bridgehead atoms. The number of anilines is 2. The molecule has 1 fully saturated rings. The number of benzene rings is 1. The molecule has 214 valence electrons. The molecule has 4 rings (SSSR count). The van der Waals surface area contributed by atoms with Crippen LogP contribution >= 0.6 is 11.6 Å². The summed E-state index contributed by atoms with van der Waals surface area (Å²) < 4.78 is 6.02. The number of nitrogens with two attached hydrogens (primary N) is 1. The second-order valence-electron chi connectivity index (χ2n) is 9.99. The number of aliphatic carboxylic acids is 1. The van der Waals surface area contributed by atoms with Crippen molar-refractivity contribution in [1.29, 1.82) is 0 Å². The molecule has 1 unspecified atom stereocenters. The van der Waals surface area contributed by atoms with Gasteiger partial charge in [0.1, 0.15) is 11.9 Å². The second-order valence-corrected chi connectivity index (χ2v) is 10.4. The number of halogens is 1. The number of likely N-dealkylation sites (tertiary alicyclic amines) is 1. The maximum atomic E-state index is 12.2. The minimum absolute atomic E-state index is 0.0488. The minimum atomic E-state index is -0.915. The van der Waals surface area contributed by atoms with Crippen LogP contribution in [0.25, 0.3) is 5.03 Å². The molecular weight excluding hydrogens is 512 g/mol. The highest BCUT2D eigenvalue weighted by Gasteiger charge is 2.38. The van der Waals surface area contributed by atoms with E-state index in [2.05, 4.69) is 24.4 Å². The molecule has 4 N–H and O–H groups in total. The van der Waals surface area contributed by atoms with Crippen molar-refractivity contribution < 1.29 is 14.6 Å². The molecule has 39 heavy (non-hydrogen) atoms. The number of unbranched alkanes of at least 4 members (excludes halogenated alkanes) is 3. The number of para-hydroxylation sites is 1. The number of nitrogens with one attached hydrogen (secondary N) is 1. The van der Waals surface area contributed by atoms with Crippen LogP contribution < -0.4 is 11.1 Å². The maximum absolute atomic E-state index is 12.2. The lowest BCUT2D eigenvalue weighted by Crippen LogP contribution is -2.55. The number of hydrogen-bond donors (Lipinski definition) is 3. The Hall–Kier alpha value is -2.61. The Morgan fingerprint density at radius 3 is 2.79 bits per heavy atom. The summed E-state index contributed by atoms with van der Waals surface area (Å²) in [7, 11) is 0. The highest BCUT2D eigenvalue weighted by atomic mass is 35.5. The van der Waals surface area contributed by atoms with E-state index in [4.69, 9.17) is 27.1 Å². The first kappa shape index (κ1) is 30.9. The summed E-state index contributed by atoms with van der Waals surface area (Å²) in [5.74, 6) is 0.146. The third-order valence-corrected chi connectivity index (χ3v) is 7.52. The summed E-state index contributed by atoms with van der Waals surface area (Å²) in [5.41, 5.74) is 10.6. The fourth-order valence-electron chi connectivity index (χ4n) is 5.03. The summed E-state index contributed by atoms with van der Waals surface area (Å²) in [6.07, 6.45) is 10.2.